The van der Waals surface area contributed by atoms with Gasteiger partial charge in [0, 0.05) is 19.0 Å². The smallest absolute Gasteiger partial charge is 0.0730 e. The lowest BCUT2D eigenvalue weighted by atomic mass is 10.2. The Morgan fingerprint density at radius 1 is 1.38 bits per heavy atom. The fourth-order valence-electron chi connectivity index (χ4n) is 1.08. The number of nitrogens with zero attached hydrogens (tertiary/aromatic N) is 1. The molecule has 0 N–H and O–H groups in total. The molecule has 2 nitrogen and oxygen atoms in total. The minimum Gasteiger partial charge on any atom is -0.380 e. The van der Waals surface area contributed by atoms with Gasteiger partial charge in [-0.3, -0.25) is 4.98 Å². The van der Waals surface area contributed by atoms with Crippen molar-refractivity contribution in [3.8, 4) is 0 Å². The van der Waals surface area contributed by atoms with Gasteiger partial charge in [-0.1, -0.05) is 26.8 Å². The Hall–Kier alpha value is -0.890. The topological polar surface area (TPSA) is 22.1 Å². The van der Waals surface area contributed by atoms with E-state index in [0.717, 1.165) is 12.1 Å². The highest BCUT2D eigenvalue weighted by Gasteiger charge is 1.98. The minimum absolute atomic E-state index is 0.664. The van der Waals surface area contributed by atoms with E-state index in [9.17, 15) is 0 Å². The molecule has 0 atom stereocenters. The summed E-state index contributed by atoms with van der Waals surface area (Å²) in [6.07, 6.45) is 2.79. The second kappa shape index (κ2) is 7.74. The first-order chi connectivity index (χ1) is 6.38. The standard InChI is InChI=1S/C9H13NO.C2H6/c1-3-9-8(7-11-2)5-4-6-10-9;1-2/h4-6H,3,7H2,1-2H3;1-2H3. The molecule has 0 saturated heterocycles. The molecule has 1 heterocycles. The molecular formula is C11H19NO. The Kier molecular flexibility index (Phi) is 7.21. The Morgan fingerprint density at radius 3 is 2.62 bits per heavy atom. The molecule has 0 saturated carbocycles. The first-order valence-electron chi connectivity index (χ1n) is 4.80. The zero-order valence-electron chi connectivity index (χ0n) is 9.00. The summed E-state index contributed by atoms with van der Waals surface area (Å²) < 4.78 is 5.03. The van der Waals surface area contributed by atoms with Crippen LogP contribution >= 0.6 is 0 Å². The van der Waals surface area contributed by atoms with Crippen LogP contribution in [0.5, 0.6) is 0 Å². The van der Waals surface area contributed by atoms with E-state index in [1.54, 1.807) is 7.11 Å². The summed E-state index contributed by atoms with van der Waals surface area (Å²) in [4.78, 5) is 4.24. The van der Waals surface area contributed by atoms with Crippen LogP contribution in [-0.4, -0.2) is 12.1 Å². The monoisotopic (exact) mass is 181 g/mol. The number of ether oxygens (including phenoxy) is 1. The van der Waals surface area contributed by atoms with Crippen LogP contribution in [0.4, 0.5) is 0 Å². The molecule has 2 heteroatoms. The highest BCUT2D eigenvalue weighted by Crippen LogP contribution is 2.06. The van der Waals surface area contributed by atoms with Crippen molar-refractivity contribution in [2.75, 3.05) is 7.11 Å². The number of methoxy groups -OCH3 is 1. The second-order valence-corrected chi connectivity index (χ2v) is 2.40. The molecule has 0 unspecified atom stereocenters. The zero-order valence-corrected chi connectivity index (χ0v) is 9.00. The number of hydrogen-bond acceptors (Lipinski definition) is 2. The lowest BCUT2D eigenvalue weighted by molar-refractivity contribution is 0.184. The predicted octanol–water partition coefficient (Wildman–Crippen LogP) is 2.82. The van der Waals surface area contributed by atoms with Gasteiger partial charge in [-0.15, -0.1) is 0 Å². The summed E-state index contributed by atoms with van der Waals surface area (Å²) in [5.74, 6) is 0. The second-order valence-electron chi connectivity index (χ2n) is 2.40. The fourth-order valence-corrected chi connectivity index (χ4v) is 1.08. The number of pyridine rings is 1. The summed E-state index contributed by atoms with van der Waals surface area (Å²) in [6, 6.07) is 3.99. The molecule has 1 aromatic rings. The first kappa shape index (κ1) is 12.1. The molecule has 0 spiro atoms. The Morgan fingerprint density at radius 2 is 2.08 bits per heavy atom. The first-order valence-corrected chi connectivity index (χ1v) is 4.80. The number of rotatable bonds is 3. The molecule has 0 amide bonds. The summed E-state index contributed by atoms with van der Waals surface area (Å²) in [5, 5.41) is 0. The van der Waals surface area contributed by atoms with Crippen molar-refractivity contribution in [2.45, 2.75) is 33.8 Å². The van der Waals surface area contributed by atoms with Crippen molar-refractivity contribution in [3.63, 3.8) is 0 Å². The largest absolute Gasteiger partial charge is 0.380 e. The third-order valence-electron chi connectivity index (χ3n) is 1.62. The third-order valence-corrected chi connectivity index (χ3v) is 1.62. The van der Waals surface area contributed by atoms with Crippen molar-refractivity contribution in [1.29, 1.82) is 0 Å². The zero-order chi connectivity index (χ0) is 10.1. The van der Waals surface area contributed by atoms with Crippen LogP contribution in [-0.2, 0) is 17.8 Å². The lowest BCUT2D eigenvalue weighted by Gasteiger charge is -2.03. The maximum Gasteiger partial charge on any atom is 0.0730 e. The van der Waals surface area contributed by atoms with Gasteiger partial charge in [-0.2, -0.15) is 0 Å². The number of aromatic nitrogens is 1. The quantitative estimate of drug-likeness (QED) is 0.715. The Bertz CT molecular complexity index is 223. The third kappa shape index (κ3) is 4.04. The van der Waals surface area contributed by atoms with Crippen molar-refractivity contribution in [2.24, 2.45) is 0 Å². The van der Waals surface area contributed by atoms with Gasteiger partial charge in [-0.05, 0) is 18.1 Å². The van der Waals surface area contributed by atoms with E-state index in [1.165, 1.54) is 5.56 Å². The normalized spacial score (nSPS) is 8.92. The van der Waals surface area contributed by atoms with Gasteiger partial charge in [0.15, 0.2) is 0 Å². The molecule has 0 aromatic carbocycles. The molecule has 0 aliphatic heterocycles. The van der Waals surface area contributed by atoms with E-state index >= 15 is 0 Å². The van der Waals surface area contributed by atoms with E-state index in [1.807, 2.05) is 26.1 Å². The average Bonchev–Trinajstić information content (AvgIpc) is 2.22. The molecule has 1 aromatic heterocycles. The van der Waals surface area contributed by atoms with Crippen LogP contribution in [0.3, 0.4) is 0 Å². The molecule has 0 aliphatic rings. The van der Waals surface area contributed by atoms with Crippen molar-refractivity contribution in [1.82, 2.24) is 4.98 Å². The van der Waals surface area contributed by atoms with Gasteiger partial charge in [0.2, 0.25) is 0 Å². The van der Waals surface area contributed by atoms with Crippen molar-refractivity contribution < 1.29 is 4.74 Å². The van der Waals surface area contributed by atoms with E-state index < -0.39 is 0 Å². The fraction of sp³-hybridized carbons (Fsp3) is 0.545. The van der Waals surface area contributed by atoms with E-state index in [4.69, 9.17) is 4.74 Å². The molecule has 0 bridgehead atoms. The summed E-state index contributed by atoms with van der Waals surface area (Å²) in [7, 11) is 1.70. The van der Waals surface area contributed by atoms with Crippen LogP contribution in [0.15, 0.2) is 18.3 Å². The van der Waals surface area contributed by atoms with Gasteiger partial charge in [0.25, 0.3) is 0 Å². The van der Waals surface area contributed by atoms with Crippen LogP contribution < -0.4 is 0 Å². The molecule has 1 rings (SSSR count). The van der Waals surface area contributed by atoms with Crippen molar-refractivity contribution >= 4 is 0 Å². The average molecular weight is 181 g/mol. The highest BCUT2D eigenvalue weighted by atomic mass is 16.5. The maximum atomic E-state index is 5.03. The van der Waals surface area contributed by atoms with Crippen molar-refractivity contribution in [3.05, 3.63) is 29.6 Å². The SMILES string of the molecule is CC.CCc1ncccc1COC. The maximum absolute atomic E-state index is 5.03. The lowest BCUT2D eigenvalue weighted by Crippen LogP contribution is -1.96. The molecule has 74 valence electrons. The Labute approximate surface area is 81.0 Å². The molecule has 0 radical (unpaired) electrons. The van der Waals surface area contributed by atoms with Crippen LogP contribution in [0, 0.1) is 0 Å². The van der Waals surface area contributed by atoms with E-state index in [2.05, 4.69) is 18.0 Å². The van der Waals surface area contributed by atoms with Gasteiger partial charge in [0.1, 0.15) is 0 Å². The molecule has 0 fully saturated rings. The van der Waals surface area contributed by atoms with E-state index in [-0.39, 0.29) is 0 Å². The molecular weight excluding hydrogens is 162 g/mol. The van der Waals surface area contributed by atoms with Crippen LogP contribution in [0.25, 0.3) is 0 Å². The molecule has 0 aliphatic carbocycles. The minimum atomic E-state index is 0.664. The highest BCUT2D eigenvalue weighted by molar-refractivity contribution is 5.18. The number of aryl methyl sites for hydroxylation is 1. The van der Waals surface area contributed by atoms with Gasteiger partial charge >= 0.3 is 0 Å². The summed E-state index contributed by atoms with van der Waals surface area (Å²) >= 11 is 0. The van der Waals surface area contributed by atoms with Gasteiger partial charge < -0.3 is 4.74 Å². The summed E-state index contributed by atoms with van der Waals surface area (Å²) in [6.45, 7) is 6.76. The van der Waals surface area contributed by atoms with Gasteiger partial charge in [-0.25, -0.2) is 0 Å². The summed E-state index contributed by atoms with van der Waals surface area (Å²) in [5.41, 5.74) is 2.33. The predicted molar refractivity (Wildman–Crippen MR) is 55.7 cm³/mol. The van der Waals surface area contributed by atoms with Gasteiger partial charge in [0.05, 0.1) is 6.61 Å². The Balaban J connectivity index is 0.000000671. The molecule has 13 heavy (non-hydrogen) atoms. The number of hydrogen-bond donors (Lipinski definition) is 0. The van der Waals surface area contributed by atoms with Crippen LogP contribution in [0.1, 0.15) is 32.0 Å². The van der Waals surface area contributed by atoms with Crippen LogP contribution in [0.2, 0.25) is 0 Å². The van der Waals surface area contributed by atoms with E-state index in [0.29, 0.717) is 6.61 Å².